The van der Waals surface area contributed by atoms with Crippen LogP contribution in [0.1, 0.15) is 128 Å². The van der Waals surface area contributed by atoms with Crippen LogP contribution in [0.4, 0.5) is 0 Å². The van der Waals surface area contributed by atoms with Gasteiger partial charge in [0.05, 0.1) is 6.04 Å². The van der Waals surface area contributed by atoms with Crippen LogP contribution in [0.25, 0.3) is 0 Å². The second-order valence-corrected chi connectivity index (χ2v) is 15.7. The number of rotatable bonds is 13. The van der Waals surface area contributed by atoms with Crippen LogP contribution >= 0.6 is 0 Å². The molecule has 0 aromatic carbocycles. The summed E-state index contributed by atoms with van der Waals surface area (Å²) in [5.41, 5.74) is -0.732. The van der Waals surface area contributed by atoms with Gasteiger partial charge < -0.3 is 31.2 Å². The second kappa shape index (κ2) is 15.8. The zero-order valence-corrected chi connectivity index (χ0v) is 29.5. The van der Waals surface area contributed by atoms with Crippen LogP contribution in [-0.4, -0.2) is 86.4 Å². The van der Waals surface area contributed by atoms with E-state index in [9.17, 15) is 28.8 Å². The number of carbonyl (C=O) groups excluding carboxylic acids is 6. The summed E-state index contributed by atoms with van der Waals surface area (Å²) in [6.45, 7) is 7.53. The number of hydrogen-bond acceptors (Lipinski definition) is 7. The largest absolute Gasteiger partial charge is 0.347 e. The van der Waals surface area contributed by atoms with E-state index in [0.717, 1.165) is 70.6 Å². The first-order valence-corrected chi connectivity index (χ1v) is 18.5. The molecule has 13 nitrogen and oxygen atoms in total. The van der Waals surface area contributed by atoms with Gasteiger partial charge in [-0.05, 0) is 68.6 Å². The molecular formula is C36H55N7O6. The summed E-state index contributed by atoms with van der Waals surface area (Å²) >= 11 is 0. The van der Waals surface area contributed by atoms with Crippen molar-refractivity contribution in [3.05, 3.63) is 18.2 Å². The molecule has 0 radical (unpaired) electrons. The highest BCUT2D eigenvalue weighted by molar-refractivity contribution is 6.38. The molecule has 1 saturated heterocycles. The van der Waals surface area contributed by atoms with Crippen LogP contribution < -0.4 is 21.3 Å². The van der Waals surface area contributed by atoms with Crippen LogP contribution in [0, 0.1) is 17.3 Å². The van der Waals surface area contributed by atoms with Gasteiger partial charge >= 0.3 is 0 Å². The van der Waals surface area contributed by atoms with Gasteiger partial charge in [0.25, 0.3) is 11.8 Å². The maximum atomic E-state index is 14.8. The van der Waals surface area contributed by atoms with Gasteiger partial charge in [0.1, 0.15) is 18.1 Å². The monoisotopic (exact) mass is 681 g/mol. The summed E-state index contributed by atoms with van der Waals surface area (Å²) in [7, 11) is 0. The minimum Gasteiger partial charge on any atom is -0.347 e. The van der Waals surface area contributed by atoms with Gasteiger partial charge in [-0.25, -0.2) is 4.98 Å². The van der Waals surface area contributed by atoms with Crippen LogP contribution in [0.3, 0.4) is 0 Å². The van der Waals surface area contributed by atoms with E-state index in [-0.39, 0.29) is 35.7 Å². The fourth-order valence-corrected chi connectivity index (χ4v) is 7.97. The highest BCUT2D eigenvalue weighted by Crippen LogP contribution is 2.41. The lowest BCUT2D eigenvalue weighted by Crippen LogP contribution is -2.63. The van der Waals surface area contributed by atoms with E-state index < -0.39 is 59.0 Å². The number of amides is 5. The Bertz CT molecular complexity index is 1360. The molecule has 3 saturated carbocycles. The number of Topliss-reactive ketones (excluding diaryl/α,β-unsaturated/α-hetero) is 1. The van der Waals surface area contributed by atoms with E-state index >= 15 is 0 Å². The van der Waals surface area contributed by atoms with Crippen LogP contribution in [0.2, 0.25) is 0 Å². The number of fused-ring (bicyclic) bond motifs is 1. The molecule has 0 spiro atoms. The van der Waals surface area contributed by atoms with Gasteiger partial charge in [-0.2, -0.15) is 0 Å². The van der Waals surface area contributed by atoms with E-state index in [0.29, 0.717) is 19.3 Å². The van der Waals surface area contributed by atoms with Crippen molar-refractivity contribution in [1.29, 1.82) is 0 Å². The number of likely N-dealkylation sites (tertiary alicyclic amines) is 1. The zero-order chi connectivity index (χ0) is 35.3. The van der Waals surface area contributed by atoms with Crippen molar-refractivity contribution < 1.29 is 28.8 Å². The van der Waals surface area contributed by atoms with Crippen molar-refractivity contribution >= 4 is 35.3 Å². The lowest BCUT2D eigenvalue weighted by atomic mass is 9.81. The summed E-state index contributed by atoms with van der Waals surface area (Å²) in [5.74, 6) is -2.94. The van der Waals surface area contributed by atoms with Crippen LogP contribution in [0.5, 0.6) is 0 Å². The Hall–Kier alpha value is -3.77. The van der Waals surface area contributed by atoms with E-state index in [2.05, 4.69) is 31.2 Å². The summed E-state index contributed by atoms with van der Waals surface area (Å²) in [6, 6.07) is -3.83. The third-order valence-electron chi connectivity index (χ3n) is 10.8. The lowest BCUT2D eigenvalue weighted by Gasteiger charge is -2.40. The number of ketones is 1. The minimum absolute atomic E-state index is 0.0150. The second-order valence-electron chi connectivity index (χ2n) is 15.7. The van der Waals surface area contributed by atoms with Gasteiger partial charge in [-0.3, -0.25) is 28.8 Å². The first kappa shape index (κ1) is 36.5. The number of carbonyl (C=O) groups is 6. The maximum Gasteiger partial charge on any atom is 0.289 e. The van der Waals surface area contributed by atoms with Gasteiger partial charge in [0.15, 0.2) is 5.82 Å². The summed E-state index contributed by atoms with van der Waals surface area (Å²) in [4.78, 5) is 90.4. The Morgan fingerprint density at radius 2 is 1.61 bits per heavy atom. The molecule has 13 heteroatoms. The molecule has 3 aliphatic carbocycles. The number of H-pyrrole nitrogens is 1. The SMILES string of the molecule is CCC[C@H](NC(=O)[C@@H]1CC2CCCCC2N1C(=O)[C@@H](NC(=O)[C@@H](NC(=O)c1ncc[nH]1)C1CCCCC1)C(C)(C)C)C(=O)C(=O)NC1CC1. The average Bonchev–Trinajstić information content (AvgIpc) is 3.55. The molecule has 5 rings (SSSR count). The smallest absolute Gasteiger partial charge is 0.289 e. The zero-order valence-electron chi connectivity index (χ0n) is 29.5. The summed E-state index contributed by atoms with van der Waals surface area (Å²) in [6.07, 6.45) is 14.1. The standard InChI is InChI=1S/C36H55N7O6/c1-5-11-24(28(44)33(47)39-23-16-17-23)40-31(45)26-20-22-14-9-10-15-25(22)43(26)35(49)29(36(2,3)4)42-32(46)27(21-12-7-6-8-13-21)41-34(48)30-37-18-19-38-30/h18-19,21-27,29H,5-17,20H2,1-4H3,(H,37,38)(H,39,47)(H,40,45)(H,41,48)(H,42,46)/t22?,24-,25?,26-,27-,29+/m0/s1. The number of aromatic nitrogens is 2. The number of nitrogens with zero attached hydrogens (tertiary/aromatic N) is 2. The van der Waals surface area contributed by atoms with E-state index in [4.69, 9.17) is 0 Å². The van der Waals surface area contributed by atoms with E-state index in [1.165, 1.54) is 6.20 Å². The van der Waals surface area contributed by atoms with Gasteiger partial charge in [0.2, 0.25) is 23.5 Å². The molecule has 5 N–H and O–H groups in total. The first-order valence-electron chi connectivity index (χ1n) is 18.5. The molecule has 1 aromatic heterocycles. The van der Waals surface area contributed by atoms with Crippen molar-refractivity contribution in [2.24, 2.45) is 17.3 Å². The molecular weight excluding hydrogens is 626 g/mol. The summed E-state index contributed by atoms with van der Waals surface area (Å²) < 4.78 is 0. The highest BCUT2D eigenvalue weighted by Gasteiger charge is 2.51. The van der Waals surface area contributed by atoms with Crippen LogP contribution in [0.15, 0.2) is 12.4 Å². The molecule has 1 aliphatic heterocycles. The number of hydrogen-bond donors (Lipinski definition) is 5. The molecule has 4 fully saturated rings. The van der Waals surface area contributed by atoms with E-state index in [1.54, 1.807) is 11.1 Å². The molecule has 270 valence electrons. The third kappa shape index (κ3) is 8.88. The molecule has 49 heavy (non-hydrogen) atoms. The molecule has 4 aliphatic rings. The Morgan fingerprint density at radius 3 is 2.24 bits per heavy atom. The van der Waals surface area contributed by atoms with Crippen molar-refractivity contribution in [2.75, 3.05) is 0 Å². The highest BCUT2D eigenvalue weighted by atomic mass is 16.2. The van der Waals surface area contributed by atoms with Crippen LogP contribution in [-0.2, 0) is 24.0 Å². The topological polar surface area (TPSA) is 182 Å². The maximum absolute atomic E-state index is 14.8. The molecule has 2 heterocycles. The minimum atomic E-state index is -0.986. The van der Waals surface area contributed by atoms with Crippen molar-refractivity contribution in [3.63, 3.8) is 0 Å². The quantitative estimate of drug-likeness (QED) is 0.198. The molecule has 2 unspecified atom stereocenters. The number of imidazole rings is 1. The lowest BCUT2D eigenvalue weighted by molar-refractivity contribution is -0.147. The van der Waals surface area contributed by atoms with Crippen molar-refractivity contribution in [3.8, 4) is 0 Å². The normalized spacial score (nSPS) is 24.6. The molecule has 5 amide bonds. The fourth-order valence-electron chi connectivity index (χ4n) is 7.97. The van der Waals surface area contributed by atoms with Gasteiger partial charge in [-0.15, -0.1) is 0 Å². The number of nitrogens with one attached hydrogen (secondary N) is 5. The molecule has 1 aromatic rings. The van der Waals surface area contributed by atoms with E-state index in [1.807, 2.05) is 27.7 Å². The summed E-state index contributed by atoms with van der Waals surface area (Å²) in [5, 5.41) is 11.5. The molecule has 6 atom stereocenters. The predicted molar refractivity (Wildman–Crippen MR) is 182 cm³/mol. The fraction of sp³-hybridized carbons (Fsp3) is 0.750. The van der Waals surface area contributed by atoms with Gasteiger partial charge in [-0.1, -0.05) is 66.2 Å². The Morgan fingerprint density at radius 1 is 0.918 bits per heavy atom. The molecule has 0 bridgehead atoms. The Labute approximate surface area is 289 Å². The van der Waals surface area contributed by atoms with Crippen molar-refractivity contribution in [2.45, 2.75) is 154 Å². The van der Waals surface area contributed by atoms with Crippen molar-refractivity contribution in [1.82, 2.24) is 36.1 Å². The first-order chi connectivity index (χ1) is 23.4. The number of aromatic amines is 1. The Kier molecular flexibility index (Phi) is 11.8. The Balaban J connectivity index is 1.37. The average molecular weight is 682 g/mol. The third-order valence-corrected chi connectivity index (χ3v) is 10.8. The predicted octanol–water partition coefficient (Wildman–Crippen LogP) is 2.91. The van der Waals surface area contributed by atoms with Gasteiger partial charge in [0, 0.05) is 24.5 Å².